The van der Waals surface area contributed by atoms with Crippen LogP contribution >= 0.6 is 0 Å². The van der Waals surface area contributed by atoms with Gasteiger partial charge in [0.05, 0.1) is 19.0 Å². The zero-order chi connectivity index (χ0) is 18.8. The van der Waals surface area contributed by atoms with Crippen LogP contribution in [0.2, 0.25) is 0 Å². The molecule has 1 aliphatic heterocycles. The van der Waals surface area contributed by atoms with Gasteiger partial charge in [-0.15, -0.1) is 0 Å². The molecule has 1 aromatic carbocycles. The lowest BCUT2D eigenvalue weighted by molar-refractivity contribution is -0.118. The summed E-state index contributed by atoms with van der Waals surface area (Å²) in [5.74, 6) is 2.17. The summed E-state index contributed by atoms with van der Waals surface area (Å²) in [5.41, 5.74) is 1.58. The standard InChI is InChI=1S/C20H25N5O2/c1-24-16-13-21-20(22-15-9-5-6-10-17(15)27-2)23-19(16)25(12-11-18(24)26)14-7-3-4-8-14/h5-6,9-10,13-14H,3-4,7-8,11-12H2,1-2H3,(H,21,22,23). The molecule has 142 valence electrons. The third-order valence-corrected chi connectivity index (χ3v) is 5.44. The molecule has 4 rings (SSSR count). The molecular formula is C20H25N5O2. The number of hydrogen-bond acceptors (Lipinski definition) is 6. The summed E-state index contributed by atoms with van der Waals surface area (Å²) in [4.78, 5) is 25.7. The number of hydrogen-bond donors (Lipinski definition) is 1. The van der Waals surface area contributed by atoms with Crippen molar-refractivity contribution in [3.8, 4) is 5.75 Å². The maximum absolute atomic E-state index is 12.4. The number of methoxy groups -OCH3 is 1. The highest BCUT2D eigenvalue weighted by Gasteiger charge is 2.31. The monoisotopic (exact) mass is 367 g/mol. The maximum Gasteiger partial charge on any atom is 0.229 e. The minimum absolute atomic E-state index is 0.103. The molecule has 2 aliphatic rings. The number of rotatable bonds is 4. The molecule has 1 aliphatic carbocycles. The van der Waals surface area contributed by atoms with Crippen LogP contribution in [0.3, 0.4) is 0 Å². The zero-order valence-corrected chi connectivity index (χ0v) is 15.8. The van der Waals surface area contributed by atoms with Gasteiger partial charge in [0, 0.05) is 26.1 Å². The van der Waals surface area contributed by atoms with Gasteiger partial charge in [0.1, 0.15) is 11.4 Å². The Morgan fingerprint density at radius 1 is 1.22 bits per heavy atom. The molecule has 1 saturated carbocycles. The van der Waals surface area contributed by atoms with E-state index >= 15 is 0 Å². The van der Waals surface area contributed by atoms with Gasteiger partial charge in [-0.3, -0.25) is 4.79 Å². The summed E-state index contributed by atoms with van der Waals surface area (Å²) in [7, 11) is 3.44. The fraction of sp³-hybridized carbons (Fsp3) is 0.450. The van der Waals surface area contributed by atoms with Gasteiger partial charge in [0.2, 0.25) is 11.9 Å². The lowest BCUT2D eigenvalue weighted by Gasteiger charge is -2.30. The number of fused-ring (bicyclic) bond motifs is 1. The molecule has 7 nitrogen and oxygen atoms in total. The van der Waals surface area contributed by atoms with Crippen LogP contribution in [0.4, 0.5) is 23.1 Å². The average Bonchev–Trinajstić information content (AvgIpc) is 3.19. The first kappa shape index (κ1) is 17.6. The van der Waals surface area contributed by atoms with Gasteiger partial charge < -0.3 is 19.9 Å². The third-order valence-electron chi connectivity index (χ3n) is 5.44. The van der Waals surface area contributed by atoms with E-state index < -0.39 is 0 Å². The van der Waals surface area contributed by atoms with Crippen molar-refractivity contribution in [3.05, 3.63) is 30.5 Å². The third kappa shape index (κ3) is 3.41. The molecule has 0 unspecified atom stereocenters. The number of amides is 1. The summed E-state index contributed by atoms with van der Waals surface area (Å²) in [6, 6.07) is 8.12. The number of nitrogens with zero attached hydrogens (tertiary/aromatic N) is 4. The highest BCUT2D eigenvalue weighted by molar-refractivity contribution is 5.97. The van der Waals surface area contributed by atoms with Crippen molar-refractivity contribution < 1.29 is 9.53 Å². The molecule has 1 aromatic heterocycles. The van der Waals surface area contributed by atoms with Gasteiger partial charge in [0.25, 0.3) is 0 Å². The smallest absolute Gasteiger partial charge is 0.229 e. The number of anilines is 4. The Morgan fingerprint density at radius 2 is 2.00 bits per heavy atom. The molecule has 1 amide bonds. The van der Waals surface area contributed by atoms with Crippen LogP contribution in [-0.2, 0) is 4.79 Å². The predicted molar refractivity (Wildman–Crippen MR) is 106 cm³/mol. The van der Waals surface area contributed by atoms with Crippen molar-refractivity contribution in [1.29, 1.82) is 0 Å². The van der Waals surface area contributed by atoms with E-state index in [4.69, 9.17) is 9.72 Å². The second kappa shape index (κ2) is 7.42. The lowest BCUT2D eigenvalue weighted by atomic mass is 10.2. The lowest BCUT2D eigenvalue weighted by Crippen LogP contribution is -2.34. The van der Waals surface area contributed by atoms with Crippen LogP contribution < -0.4 is 19.9 Å². The molecule has 27 heavy (non-hydrogen) atoms. The van der Waals surface area contributed by atoms with Crippen LogP contribution in [-0.4, -0.2) is 42.6 Å². The Hall–Kier alpha value is -2.83. The van der Waals surface area contributed by atoms with E-state index in [0.717, 1.165) is 35.8 Å². The van der Waals surface area contributed by atoms with Gasteiger partial charge in [-0.2, -0.15) is 4.98 Å². The highest BCUT2D eigenvalue weighted by atomic mass is 16.5. The van der Waals surface area contributed by atoms with Crippen molar-refractivity contribution in [2.75, 3.05) is 35.8 Å². The number of nitrogens with one attached hydrogen (secondary N) is 1. The minimum atomic E-state index is 0.103. The molecule has 0 saturated heterocycles. The Morgan fingerprint density at radius 3 is 2.78 bits per heavy atom. The quantitative estimate of drug-likeness (QED) is 0.894. The molecule has 0 atom stereocenters. The second-order valence-electron chi connectivity index (χ2n) is 7.06. The molecule has 0 spiro atoms. The van der Waals surface area contributed by atoms with Crippen LogP contribution in [0.15, 0.2) is 30.5 Å². The van der Waals surface area contributed by atoms with Crippen molar-refractivity contribution in [1.82, 2.24) is 9.97 Å². The van der Waals surface area contributed by atoms with Crippen molar-refractivity contribution >= 4 is 29.0 Å². The first-order valence-corrected chi connectivity index (χ1v) is 9.47. The zero-order valence-electron chi connectivity index (χ0n) is 15.8. The van der Waals surface area contributed by atoms with E-state index in [1.165, 1.54) is 12.8 Å². The normalized spacial score (nSPS) is 17.6. The number of ether oxygens (including phenoxy) is 1. The van der Waals surface area contributed by atoms with E-state index in [2.05, 4.69) is 15.2 Å². The number of carbonyl (C=O) groups excluding carboxylic acids is 1. The van der Waals surface area contributed by atoms with Crippen molar-refractivity contribution in [2.45, 2.75) is 38.1 Å². The van der Waals surface area contributed by atoms with Gasteiger partial charge in [-0.05, 0) is 25.0 Å². The number of aromatic nitrogens is 2. The fourth-order valence-electron chi connectivity index (χ4n) is 3.94. The van der Waals surface area contributed by atoms with E-state index in [1.807, 2.05) is 24.3 Å². The summed E-state index contributed by atoms with van der Waals surface area (Å²) < 4.78 is 5.40. The second-order valence-corrected chi connectivity index (χ2v) is 7.06. The molecule has 2 aromatic rings. The molecule has 0 bridgehead atoms. The van der Waals surface area contributed by atoms with E-state index in [1.54, 1.807) is 25.3 Å². The van der Waals surface area contributed by atoms with Crippen molar-refractivity contribution in [2.24, 2.45) is 0 Å². The topological polar surface area (TPSA) is 70.6 Å². The van der Waals surface area contributed by atoms with E-state index in [0.29, 0.717) is 25.0 Å². The summed E-state index contributed by atoms with van der Waals surface area (Å²) in [6.45, 7) is 0.700. The Labute approximate surface area is 159 Å². The van der Waals surface area contributed by atoms with Crippen LogP contribution in [0.5, 0.6) is 5.75 Å². The maximum atomic E-state index is 12.4. The fourth-order valence-corrected chi connectivity index (χ4v) is 3.94. The van der Waals surface area contributed by atoms with Gasteiger partial charge in [-0.1, -0.05) is 25.0 Å². The highest BCUT2D eigenvalue weighted by Crippen LogP contribution is 2.36. The van der Waals surface area contributed by atoms with Crippen LogP contribution in [0, 0.1) is 0 Å². The van der Waals surface area contributed by atoms with E-state index in [-0.39, 0.29) is 5.91 Å². The number of carbonyl (C=O) groups is 1. The SMILES string of the molecule is COc1ccccc1Nc1ncc2c(n1)N(C1CCCC1)CCC(=O)N2C. The Balaban J connectivity index is 1.71. The summed E-state index contributed by atoms with van der Waals surface area (Å²) in [6.07, 6.45) is 7.01. The molecular weight excluding hydrogens is 342 g/mol. The predicted octanol–water partition coefficient (Wildman–Crippen LogP) is 3.34. The largest absolute Gasteiger partial charge is 0.495 e. The number of benzene rings is 1. The van der Waals surface area contributed by atoms with Crippen LogP contribution in [0.1, 0.15) is 32.1 Å². The Kier molecular flexibility index (Phi) is 4.83. The molecule has 1 fully saturated rings. The summed E-state index contributed by atoms with van der Waals surface area (Å²) in [5, 5.41) is 3.25. The molecule has 1 N–H and O–H groups in total. The van der Waals surface area contributed by atoms with Crippen molar-refractivity contribution in [3.63, 3.8) is 0 Å². The number of para-hydroxylation sites is 2. The van der Waals surface area contributed by atoms with Crippen LogP contribution in [0.25, 0.3) is 0 Å². The molecule has 7 heteroatoms. The minimum Gasteiger partial charge on any atom is -0.495 e. The molecule has 0 radical (unpaired) electrons. The first-order chi connectivity index (χ1) is 13.2. The van der Waals surface area contributed by atoms with Gasteiger partial charge >= 0.3 is 0 Å². The Bertz CT molecular complexity index is 835. The van der Waals surface area contributed by atoms with Gasteiger partial charge in [0.15, 0.2) is 5.82 Å². The van der Waals surface area contributed by atoms with E-state index in [9.17, 15) is 4.79 Å². The summed E-state index contributed by atoms with van der Waals surface area (Å²) >= 11 is 0. The van der Waals surface area contributed by atoms with Gasteiger partial charge in [-0.25, -0.2) is 4.98 Å². The first-order valence-electron chi connectivity index (χ1n) is 9.47. The average molecular weight is 367 g/mol. The molecule has 2 heterocycles.